The van der Waals surface area contributed by atoms with Gasteiger partial charge < -0.3 is 0 Å². The lowest BCUT2D eigenvalue weighted by molar-refractivity contribution is 1.18. The van der Waals surface area contributed by atoms with E-state index in [0.29, 0.717) is 0 Å². The van der Waals surface area contributed by atoms with Crippen molar-refractivity contribution < 1.29 is 0 Å². The van der Waals surface area contributed by atoms with Crippen LogP contribution in [0.4, 0.5) is 0 Å². The summed E-state index contributed by atoms with van der Waals surface area (Å²) in [4.78, 5) is 9.76. The van der Waals surface area contributed by atoms with Crippen LogP contribution in [0.3, 0.4) is 0 Å². The van der Waals surface area contributed by atoms with Gasteiger partial charge in [-0.2, -0.15) is 0 Å². The zero-order valence-corrected chi connectivity index (χ0v) is 18.3. The Balaban J connectivity index is 1.59. The van der Waals surface area contributed by atoms with E-state index in [9.17, 15) is 0 Å². The Bertz CT molecular complexity index is 1260. The first-order chi connectivity index (χ1) is 15.3. The SMILES string of the molecule is Brc1cccc(-c2ccc(-c3cc(-c4ccccc4)nc(-c4ccccc4)n3)cc2)c1. The molecule has 0 saturated heterocycles. The summed E-state index contributed by atoms with van der Waals surface area (Å²) in [7, 11) is 0. The van der Waals surface area contributed by atoms with Gasteiger partial charge in [-0.1, -0.05) is 113 Å². The molecular weight excluding hydrogens is 444 g/mol. The minimum absolute atomic E-state index is 0.730. The third-order valence-corrected chi connectivity index (χ3v) is 5.66. The molecule has 1 heterocycles. The average Bonchev–Trinajstić information content (AvgIpc) is 2.85. The van der Waals surface area contributed by atoms with Crippen LogP contribution in [-0.2, 0) is 0 Å². The molecule has 0 aliphatic rings. The van der Waals surface area contributed by atoms with Crippen molar-refractivity contribution in [1.29, 1.82) is 0 Å². The number of hydrogen-bond acceptors (Lipinski definition) is 2. The topological polar surface area (TPSA) is 25.8 Å². The first-order valence-corrected chi connectivity index (χ1v) is 10.9. The molecule has 5 aromatic rings. The maximum Gasteiger partial charge on any atom is 0.160 e. The van der Waals surface area contributed by atoms with Crippen LogP contribution in [-0.4, -0.2) is 9.97 Å². The molecule has 3 heteroatoms. The number of nitrogens with zero attached hydrogens (tertiary/aromatic N) is 2. The highest BCUT2D eigenvalue weighted by Crippen LogP contribution is 2.29. The largest absolute Gasteiger partial charge is 0.228 e. The van der Waals surface area contributed by atoms with E-state index < -0.39 is 0 Å². The zero-order chi connectivity index (χ0) is 21.0. The molecule has 31 heavy (non-hydrogen) atoms. The van der Waals surface area contributed by atoms with Gasteiger partial charge in [-0.3, -0.25) is 0 Å². The highest BCUT2D eigenvalue weighted by molar-refractivity contribution is 9.10. The predicted molar refractivity (Wildman–Crippen MR) is 131 cm³/mol. The summed E-state index contributed by atoms with van der Waals surface area (Å²) in [6, 6.07) is 39.3. The molecule has 0 fully saturated rings. The van der Waals surface area contributed by atoms with Crippen LogP contribution in [0.25, 0.3) is 45.0 Å². The molecule has 0 spiro atoms. The maximum absolute atomic E-state index is 4.90. The van der Waals surface area contributed by atoms with Gasteiger partial charge in [0.2, 0.25) is 0 Å². The molecule has 0 amide bonds. The van der Waals surface area contributed by atoms with Crippen LogP contribution in [0.15, 0.2) is 120 Å². The van der Waals surface area contributed by atoms with E-state index in [1.54, 1.807) is 0 Å². The first kappa shape index (κ1) is 19.4. The van der Waals surface area contributed by atoms with Crippen molar-refractivity contribution in [2.45, 2.75) is 0 Å². The molecule has 0 radical (unpaired) electrons. The fraction of sp³-hybridized carbons (Fsp3) is 0. The molecule has 4 aromatic carbocycles. The Morgan fingerprint density at radius 3 is 1.55 bits per heavy atom. The Hall–Kier alpha value is -3.56. The van der Waals surface area contributed by atoms with Crippen molar-refractivity contribution in [1.82, 2.24) is 9.97 Å². The van der Waals surface area contributed by atoms with Crippen molar-refractivity contribution in [2.24, 2.45) is 0 Å². The van der Waals surface area contributed by atoms with Crippen LogP contribution in [0, 0.1) is 0 Å². The van der Waals surface area contributed by atoms with Gasteiger partial charge in [0.25, 0.3) is 0 Å². The van der Waals surface area contributed by atoms with Gasteiger partial charge in [0.1, 0.15) is 0 Å². The van der Waals surface area contributed by atoms with E-state index in [4.69, 9.17) is 9.97 Å². The second-order valence-electron chi connectivity index (χ2n) is 7.28. The van der Waals surface area contributed by atoms with Crippen molar-refractivity contribution in [3.05, 3.63) is 120 Å². The minimum atomic E-state index is 0.730. The van der Waals surface area contributed by atoms with E-state index in [-0.39, 0.29) is 0 Å². The Labute approximate surface area is 190 Å². The highest BCUT2D eigenvalue weighted by atomic mass is 79.9. The van der Waals surface area contributed by atoms with E-state index in [1.807, 2.05) is 54.6 Å². The van der Waals surface area contributed by atoms with E-state index in [1.165, 1.54) is 11.1 Å². The molecule has 0 aliphatic heterocycles. The lowest BCUT2D eigenvalue weighted by Crippen LogP contribution is -1.95. The summed E-state index contributed by atoms with van der Waals surface area (Å²) in [5.41, 5.74) is 7.33. The first-order valence-electron chi connectivity index (χ1n) is 10.1. The molecule has 0 N–H and O–H groups in total. The van der Waals surface area contributed by atoms with Gasteiger partial charge >= 0.3 is 0 Å². The lowest BCUT2D eigenvalue weighted by atomic mass is 10.0. The summed E-state index contributed by atoms with van der Waals surface area (Å²) < 4.78 is 1.07. The molecule has 0 unspecified atom stereocenters. The molecular formula is C28H19BrN2. The third kappa shape index (κ3) is 4.32. The summed E-state index contributed by atoms with van der Waals surface area (Å²) in [6.07, 6.45) is 0. The lowest BCUT2D eigenvalue weighted by Gasteiger charge is -2.10. The normalized spacial score (nSPS) is 10.7. The van der Waals surface area contributed by atoms with Crippen LogP contribution < -0.4 is 0 Å². The summed E-state index contributed by atoms with van der Waals surface area (Å²) in [5, 5.41) is 0. The fourth-order valence-corrected chi connectivity index (χ4v) is 3.97. The monoisotopic (exact) mass is 462 g/mol. The van der Waals surface area contributed by atoms with Crippen LogP contribution in [0.5, 0.6) is 0 Å². The smallest absolute Gasteiger partial charge is 0.160 e. The van der Waals surface area contributed by atoms with E-state index in [2.05, 4.69) is 76.6 Å². The standard InChI is InChI=1S/C28H19BrN2/c29-25-13-7-12-24(18-25)20-14-16-22(17-15-20)27-19-26(21-8-3-1-4-9-21)30-28(31-27)23-10-5-2-6-11-23/h1-19H. The van der Waals surface area contributed by atoms with Crippen molar-refractivity contribution >= 4 is 15.9 Å². The van der Waals surface area contributed by atoms with Crippen molar-refractivity contribution in [3.8, 4) is 45.0 Å². The van der Waals surface area contributed by atoms with Crippen molar-refractivity contribution in [2.75, 3.05) is 0 Å². The minimum Gasteiger partial charge on any atom is -0.228 e. The average molecular weight is 463 g/mol. The van der Waals surface area contributed by atoms with Gasteiger partial charge in [0.15, 0.2) is 5.82 Å². The maximum atomic E-state index is 4.90. The summed E-state index contributed by atoms with van der Waals surface area (Å²) in [5.74, 6) is 0.730. The van der Waals surface area contributed by atoms with E-state index >= 15 is 0 Å². The molecule has 0 atom stereocenters. The molecule has 2 nitrogen and oxygen atoms in total. The van der Waals surface area contributed by atoms with Gasteiger partial charge in [0.05, 0.1) is 11.4 Å². The quantitative estimate of drug-likeness (QED) is 0.271. The number of rotatable bonds is 4. The Morgan fingerprint density at radius 2 is 0.935 bits per heavy atom. The number of hydrogen-bond donors (Lipinski definition) is 0. The zero-order valence-electron chi connectivity index (χ0n) is 16.7. The Kier molecular flexibility index (Phi) is 5.42. The second-order valence-corrected chi connectivity index (χ2v) is 8.20. The van der Waals surface area contributed by atoms with Crippen LogP contribution >= 0.6 is 15.9 Å². The van der Waals surface area contributed by atoms with Gasteiger partial charge in [-0.15, -0.1) is 0 Å². The van der Waals surface area contributed by atoms with Crippen molar-refractivity contribution in [3.63, 3.8) is 0 Å². The summed E-state index contributed by atoms with van der Waals surface area (Å²) >= 11 is 3.55. The molecule has 148 valence electrons. The molecule has 0 saturated carbocycles. The number of benzene rings is 4. The highest BCUT2D eigenvalue weighted by Gasteiger charge is 2.10. The third-order valence-electron chi connectivity index (χ3n) is 5.17. The van der Waals surface area contributed by atoms with Crippen LogP contribution in [0.2, 0.25) is 0 Å². The molecule has 0 aliphatic carbocycles. The van der Waals surface area contributed by atoms with Gasteiger partial charge in [-0.05, 0) is 29.3 Å². The van der Waals surface area contributed by atoms with Crippen LogP contribution in [0.1, 0.15) is 0 Å². The fourth-order valence-electron chi connectivity index (χ4n) is 3.57. The number of aromatic nitrogens is 2. The molecule has 5 rings (SSSR count). The molecule has 0 bridgehead atoms. The number of halogens is 1. The molecule has 1 aromatic heterocycles. The predicted octanol–water partition coefficient (Wildman–Crippen LogP) is 7.91. The van der Waals surface area contributed by atoms with Gasteiger partial charge in [-0.25, -0.2) is 9.97 Å². The second kappa shape index (κ2) is 8.66. The summed E-state index contributed by atoms with van der Waals surface area (Å²) in [6.45, 7) is 0. The van der Waals surface area contributed by atoms with Gasteiger partial charge in [0, 0.05) is 21.2 Å². The van der Waals surface area contributed by atoms with E-state index in [0.717, 1.165) is 38.4 Å². The Morgan fingerprint density at radius 1 is 0.419 bits per heavy atom.